The van der Waals surface area contributed by atoms with Gasteiger partial charge >= 0.3 is 0 Å². The molecule has 0 heterocycles. The molecule has 0 atom stereocenters. The lowest BCUT2D eigenvalue weighted by Crippen LogP contribution is -1.92. The lowest BCUT2D eigenvalue weighted by atomic mass is 10.00. The predicted octanol–water partition coefficient (Wildman–Crippen LogP) is 5.25. The zero-order valence-electron chi connectivity index (χ0n) is 8.90. The van der Waals surface area contributed by atoms with Crippen molar-refractivity contribution in [2.45, 2.75) is 6.92 Å². The molecular weight excluding hydrogens is 265 g/mol. The van der Waals surface area contributed by atoms with Gasteiger partial charge in [0.2, 0.25) is 0 Å². The summed E-state index contributed by atoms with van der Waals surface area (Å²) in [6.45, 7) is 1.79. The summed E-state index contributed by atoms with van der Waals surface area (Å²) in [6.07, 6.45) is 0. The summed E-state index contributed by atoms with van der Waals surface area (Å²) < 4.78 is 26.7. The molecule has 0 aromatic heterocycles. The largest absolute Gasteiger partial charge is 0.207 e. The quantitative estimate of drug-likeness (QED) is 0.665. The van der Waals surface area contributed by atoms with Gasteiger partial charge in [0.25, 0.3) is 0 Å². The van der Waals surface area contributed by atoms with Crippen LogP contribution in [0.15, 0.2) is 30.3 Å². The van der Waals surface area contributed by atoms with E-state index in [9.17, 15) is 8.78 Å². The molecule has 0 bridgehead atoms. The number of rotatable bonds is 1. The summed E-state index contributed by atoms with van der Waals surface area (Å²) in [5, 5.41) is 0.399. The van der Waals surface area contributed by atoms with Crippen molar-refractivity contribution in [3.8, 4) is 11.1 Å². The van der Waals surface area contributed by atoms with Crippen LogP contribution in [0.5, 0.6) is 0 Å². The minimum atomic E-state index is -0.716. The zero-order valence-corrected chi connectivity index (χ0v) is 10.4. The number of hydrogen-bond donors (Lipinski definition) is 0. The van der Waals surface area contributed by atoms with Gasteiger partial charge in [0.15, 0.2) is 0 Å². The van der Waals surface area contributed by atoms with E-state index in [0.29, 0.717) is 10.6 Å². The van der Waals surface area contributed by atoms with E-state index < -0.39 is 11.6 Å². The third kappa shape index (κ3) is 2.28. The first kappa shape index (κ1) is 12.3. The second-order valence-electron chi connectivity index (χ2n) is 3.68. The molecule has 0 aliphatic heterocycles. The Morgan fingerprint density at radius 2 is 1.65 bits per heavy atom. The molecule has 0 unspecified atom stereocenters. The average molecular weight is 273 g/mol. The second-order valence-corrected chi connectivity index (χ2v) is 4.49. The Labute approximate surface area is 108 Å². The molecule has 0 fully saturated rings. The molecule has 2 aromatic rings. The molecule has 0 amide bonds. The molecule has 0 saturated heterocycles. The third-order valence-electron chi connectivity index (χ3n) is 2.48. The average Bonchev–Trinajstić information content (AvgIpc) is 2.21. The molecule has 4 heteroatoms. The summed E-state index contributed by atoms with van der Waals surface area (Å²) in [4.78, 5) is 0. The maximum absolute atomic E-state index is 13.8. The Balaban J connectivity index is 2.77. The maximum atomic E-state index is 13.8. The standard InChI is InChI=1S/C13H8Cl2F2/c1-7-3-2-4-9(14)12(7)13-10(15)5-8(16)6-11(13)17/h2-6H,1H3. The van der Waals surface area contributed by atoms with Gasteiger partial charge in [-0.1, -0.05) is 35.3 Å². The van der Waals surface area contributed by atoms with E-state index in [1.165, 1.54) is 0 Å². The zero-order chi connectivity index (χ0) is 12.6. The Morgan fingerprint density at radius 3 is 2.24 bits per heavy atom. The third-order valence-corrected chi connectivity index (χ3v) is 3.09. The summed E-state index contributed by atoms with van der Waals surface area (Å²) in [6, 6.07) is 7.06. The first-order chi connectivity index (χ1) is 8.00. The van der Waals surface area contributed by atoms with Gasteiger partial charge in [0.1, 0.15) is 11.6 Å². The van der Waals surface area contributed by atoms with Crippen LogP contribution < -0.4 is 0 Å². The van der Waals surface area contributed by atoms with Gasteiger partial charge < -0.3 is 0 Å². The van der Waals surface area contributed by atoms with E-state index in [0.717, 1.165) is 17.7 Å². The Kier molecular flexibility index (Phi) is 3.36. The van der Waals surface area contributed by atoms with Crippen LogP contribution in [0.25, 0.3) is 11.1 Å². The fraction of sp³-hybridized carbons (Fsp3) is 0.0769. The highest BCUT2D eigenvalue weighted by molar-refractivity contribution is 6.36. The van der Waals surface area contributed by atoms with E-state index in [2.05, 4.69) is 0 Å². The van der Waals surface area contributed by atoms with Crippen molar-refractivity contribution in [2.24, 2.45) is 0 Å². The minimum absolute atomic E-state index is 0.0127. The molecule has 0 N–H and O–H groups in total. The van der Waals surface area contributed by atoms with Crippen LogP contribution in [0, 0.1) is 18.6 Å². The Hall–Kier alpha value is -1.12. The number of halogens is 4. The molecule has 0 nitrogen and oxygen atoms in total. The van der Waals surface area contributed by atoms with Gasteiger partial charge in [0.05, 0.1) is 5.02 Å². The molecule has 0 radical (unpaired) electrons. The van der Waals surface area contributed by atoms with Gasteiger partial charge in [-0.05, 0) is 24.6 Å². The van der Waals surface area contributed by atoms with E-state index in [1.54, 1.807) is 25.1 Å². The summed E-state index contributed by atoms with van der Waals surface area (Å²) in [5.41, 5.74) is 1.41. The SMILES string of the molecule is Cc1cccc(Cl)c1-c1c(F)cc(F)cc1Cl. The highest BCUT2D eigenvalue weighted by atomic mass is 35.5. The number of aryl methyl sites for hydroxylation is 1. The van der Waals surface area contributed by atoms with E-state index in [1.807, 2.05) is 0 Å². The number of benzene rings is 2. The smallest absolute Gasteiger partial charge is 0.135 e. The first-order valence-corrected chi connectivity index (χ1v) is 5.66. The van der Waals surface area contributed by atoms with Crippen molar-refractivity contribution in [3.05, 3.63) is 57.6 Å². The predicted molar refractivity (Wildman–Crippen MR) is 66.6 cm³/mol. The summed E-state index contributed by atoms with van der Waals surface area (Å²) in [5.74, 6) is -1.42. The second kappa shape index (κ2) is 4.63. The van der Waals surface area contributed by atoms with Crippen LogP contribution in [-0.4, -0.2) is 0 Å². The van der Waals surface area contributed by atoms with E-state index in [4.69, 9.17) is 23.2 Å². The summed E-state index contributed by atoms with van der Waals surface area (Å²) in [7, 11) is 0. The topological polar surface area (TPSA) is 0 Å². The van der Waals surface area contributed by atoms with Gasteiger partial charge in [-0.15, -0.1) is 0 Å². The maximum Gasteiger partial charge on any atom is 0.135 e. The molecule has 2 rings (SSSR count). The van der Waals surface area contributed by atoms with Crippen LogP contribution >= 0.6 is 23.2 Å². The molecule has 2 aromatic carbocycles. The molecule has 0 aliphatic carbocycles. The van der Waals surface area contributed by atoms with Crippen molar-refractivity contribution in [3.63, 3.8) is 0 Å². The number of hydrogen-bond acceptors (Lipinski definition) is 0. The van der Waals surface area contributed by atoms with Gasteiger partial charge in [-0.3, -0.25) is 0 Å². The first-order valence-electron chi connectivity index (χ1n) is 4.90. The van der Waals surface area contributed by atoms with Crippen molar-refractivity contribution in [2.75, 3.05) is 0 Å². The lowest BCUT2D eigenvalue weighted by Gasteiger charge is -2.11. The fourth-order valence-electron chi connectivity index (χ4n) is 1.73. The highest BCUT2D eigenvalue weighted by Gasteiger charge is 2.16. The van der Waals surface area contributed by atoms with Crippen molar-refractivity contribution in [1.82, 2.24) is 0 Å². The van der Waals surface area contributed by atoms with Crippen LogP contribution in [0.1, 0.15) is 5.56 Å². The molecule has 88 valence electrons. The molecule has 0 saturated carbocycles. The van der Waals surface area contributed by atoms with Crippen LogP contribution in [0.2, 0.25) is 10.0 Å². The van der Waals surface area contributed by atoms with Gasteiger partial charge in [0, 0.05) is 22.2 Å². The van der Waals surface area contributed by atoms with Crippen LogP contribution in [0.4, 0.5) is 8.78 Å². The lowest BCUT2D eigenvalue weighted by molar-refractivity contribution is 0.585. The normalized spacial score (nSPS) is 10.6. The molecule has 0 aliphatic rings. The van der Waals surface area contributed by atoms with E-state index in [-0.39, 0.29) is 10.6 Å². The van der Waals surface area contributed by atoms with Gasteiger partial charge in [-0.25, -0.2) is 8.78 Å². The van der Waals surface area contributed by atoms with Crippen molar-refractivity contribution < 1.29 is 8.78 Å². The monoisotopic (exact) mass is 272 g/mol. The highest BCUT2D eigenvalue weighted by Crippen LogP contribution is 2.37. The Morgan fingerprint density at radius 1 is 0.941 bits per heavy atom. The van der Waals surface area contributed by atoms with Crippen molar-refractivity contribution >= 4 is 23.2 Å². The van der Waals surface area contributed by atoms with Crippen LogP contribution in [-0.2, 0) is 0 Å². The van der Waals surface area contributed by atoms with Crippen LogP contribution in [0.3, 0.4) is 0 Å². The van der Waals surface area contributed by atoms with Crippen molar-refractivity contribution in [1.29, 1.82) is 0 Å². The fourth-order valence-corrected chi connectivity index (χ4v) is 2.33. The molecular formula is C13H8Cl2F2. The van der Waals surface area contributed by atoms with Gasteiger partial charge in [-0.2, -0.15) is 0 Å². The molecule has 0 spiro atoms. The van der Waals surface area contributed by atoms with E-state index >= 15 is 0 Å². The Bertz CT molecular complexity index is 536. The molecule has 17 heavy (non-hydrogen) atoms. The summed E-state index contributed by atoms with van der Waals surface area (Å²) >= 11 is 11.9. The minimum Gasteiger partial charge on any atom is -0.207 e.